The largest absolute Gasteiger partial charge is 0.368 e. The molecule has 1 N–H and O–H groups in total. The molecule has 0 aromatic carbocycles. The molecular formula is C13H19N3S2. The van der Waals surface area contributed by atoms with E-state index in [2.05, 4.69) is 53.8 Å². The number of thiophene rings is 1. The van der Waals surface area contributed by atoms with E-state index < -0.39 is 0 Å². The number of nitrogens with one attached hydrogen (secondary N) is 1. The molecule has 0 saturated heterocycles. The Kier molecular flexibility index (Phi) is 4.12. The van der Waals surface area contributed by atoms with Crippen molar-refractivity contribution in [2.24, 2.45) is 0 Å². The first kappa shape index (κ1) is 13.6. The zero-order valence-electron chi connectivity index (χ0n) is 11.3. The van der Waals surface area contributed by atoms with E-state index in [1.54, 1.807) is 11.3 Å². The Morgan fingerprint density at radius 1 is 1.39 bits per heavy atom. The Labute approximate surface area is 116 Å². The lowest BCUT2D eigenvalue weighted by Gasteiger charge is -2.22. The number of aryl methyl sites for hydroxylation is 1. The van der Waals surface area contributed by atoms with Crippen LogP contribution in [0.5, 0.6) is 0 Å². The van der Waals surface area contributed by atoms with Crippen molar-refractivity contribution >= 4 is 39.1 Å². The maximum Gasteiger partial charge on any atom is 0.138 e. The van der Waals surface area contributed by atoms with Gasteiger partial charge in [0.25, 0.3) is 0 Å². The normalized spacial score (nSPS) is 12.0. The molecular weight excluding hydrogens is 262 g/mol. The molecule has 0 saturated carbocycles. The second kappa shape index (κ2) is 5.45. The Bertz CT molecular complexity index is 534. The van der Waals surface area contributed by atoms with Crippen molar-refractivity contribution < 1.29 is 0 Å². The lowest BCUT2D eigenvalue weighted by molar-refractivity contribution is 0.749. The van der Waals surface area contributed by atoms with Crippen LogP contribution in [0, 0.1) is 0 Å². The smallest absolute Gasteiger partial charge is 0.138 e. The molecule has 0 unspecified atom stereocenters. The summed E-state index contributed by atoms with van der Waals surface area (Å²) in [4.78, 5) is 10.2. The number of nitrogens with zero attached hydrogens (tertiary/aromatic N) is 2. The van der Waals surface area contributed by atoms with Crippen LogP contribution in [-0.2, 0) is 6.42 Å². The average molecular weight is 281 g/mol. The summed E-state index contributed by atoms with van der Waals surface area (Å²) in [6, 6.07) is 2.09. The monoisotopic (exact) mass is 281 g/mol. The molecule has 0 radical (unpaired) electrons. The molecule has 3 nitrogen and oxygen atoms in total. The summed E-state index contributed by atoms with van der Waals surface area (Å²) in [5.41, 5.74) is 0. The fourth-order valence-electron chi connectivity index (χ4n) is 1.56. The van der Waals surface area contributed by atoms with Crippen LogP contribution in [0.1, 0.15) is 26.6 Å². The molecule has 0 aliphatic carbocycles. The minimum atomic E-state index is 0.208. The van der Waals surface area contributed by atoms with Crippen molar-refractivity contribution in [3.05, 3.63) is 17.3 Å². The molecule has 2 aromatic heterocycles. The minimum Gasteiger partial charge on any atom is -0.368 e. The van der Waals surface area contributed by atoms with E-state index >= 15 is 0 Å². The first-order valence-electron chi connectivity index (χ1n) is 6.09. The highest BCUT2D eigenvalue weighted by Crippen LogP contribution is 2.27. The van der Waals surface area contributed by atoms with Crippen molar-refractivity contribution in [2.45, 2.75) is 31.9 Å². The number of hydrogen-bond acceptors (Lipinski definition) is 5. The highest BCUT2D eigenvalue weighted by atomic mass is 32.2. The van der Waals surface area contributed by atoms with Crippen LogP contribution in [0.15, 0.2) is 11.4 Å². The van der Waals surface area contributed by atoms with Gasteiger partial charge in [-0.2, -0.15) is 11.8 Å². The topological polar surface area (TPSA) is 37.8 Å². The number of fused-ring (bicyclic) bond motifs is 1. The molecule has 0 amide bonds. The van der Waals surface area contributed by atoms with Crippen molar-refractivity contribution in [3.8, 4) is 0 Å². The van der Waals surface area contributed by atoms with E-state index in [0.29, 0.717) is 0 Å². The summed E-state index contributed by atoms with van der Waals surface area (Å²) in [5.74, 6) is 1.88. The van der Waals surface area contributed by atoms with Crippen molar-refractivity contribution in [2.75, 3.05) is 18.1 Å². The Morgan fingerprint density at radius 2 is 2.17 bits per heavy atom. The molecule has 2 aromatic rings. The van der Waals surface area contributed by atoms with Gasteiger partial charge in [-0.05, 0) is 31.5 Å². The molecule has 0 aliphatic rings. The number of hydrogen-bond donors (Lipinski definition) is 1. The van der Waals surface area contributed by atoms with E-state index in [1.807, 2.05) is 11.8 Å². The van der Waals surface area contributed by atoms with Crippen LogP contribution in [0.2, 0.25) is 0 Å². The average Bonchev–Trinajstić information content (AvgIpc) is 2.84. The number of thioether (sulfide) groups is 1. The molecule has 0 atom stereocenters. The zero-order valence-corrected chi connectivity index (χ0v) is 12.9. The lowest BCUT2D eigenvalue weighted by Crippen LogP contribution is -2.26. The van der Waals surface area contributed by atoms with Crippen molar-refractivity contribution in [3.63, 3.8) is 0 Å². The first-order valence-corrected chi connectivity index (χ1v) is 8.19. The van der Waals surface area contributed by atoms with E-state index in [4.69, 9.17) is 0 Å². The van der Waals surface area contributed by atoms with Gasteiger partial charge < -0.3 is 5.32 Å². The Balaban J connectivity index is 2.28. The Hall–Kier alpha value is -0.810. The van der Waals surface area contributed by atoms with E-state index in [1.165, 1.54) is 0 Å². The van der Waals surface area contributed by atoms with Gasteiger partial charge in [0.05, 0.1) is 5.39 Å². The maximum absolute atomic E-state index is 4.60. The van der Waals surface area contributed by atoms with Crippen molar-refractivity contribution in [1.29, 1.82) is 0 Å². The van der Waals surface area contributed by atoms with Gasteiger partial charge >= 0.3 is 0 Å². The van der Waals surface area contributed by atoms with E-state index in [-0.39, 0.29) is 4.75 Å². The van der Waals surface area contributed by atoms with Gasteiger partial charge in [0.1, 0.15) is 16.5 Å². The fraction of sp³-hybridized carbons (Fsp3) is 0.538. The predicted molar refractivity (Wildman–Crippen MR) is 82.9 cm³/mol. The van der Waals surface area contributed by atoms with Gasteiger partial charge in [0.2, 0.25) is 0 Å². The molecule has 0 bridgehead atoms. The third-order valence-corrected chi connectivity index (χ3v) is 4.98. The molecule has 0 fully saturated rings. The van der Waals surface area contributed by atoms with Crippen LogP contribution in [0.3, 0.4) is 0 Å². The molecule has 0 spiro atoms. The molecule has 2 heterocycles. The summed E-state index contributed by atoms with van der Waals surface area (Å²) in [6.45, 7) is 7.46. The summed E-state index contributed by atoms with van der Waals surface area (Å²) in [5, 5.41) is 6.68. The molecule has 98 valence electrons. The fourth-order valence-corrected chi connectivity index (χ4v) is 2.56. The number of aromatic nitrogens is 2. The molecule has 2 rings (SSSR count). The zero-order chi connectivity index (χ0) is 13.2. The van der Waals surface area contributed by atoms with Gasteiger partial charge in [-0.25, -0.2) is 9.97 Å². The van der Waals surface area contributed by atoms with Crippen LogP contribution in [0.4, 0.5) is 5.82 Å². The highest BCUT2D eigenvalue weighted by Gasteiger charge is 2.17. The van der Waals surface area contributed by atoms with Crippen LogP contribution in [-0.4, -0.2) is 27.5 Å². The highest BCUT2D eigenvalue weighted by molar-refractivity contribution is 7.99. The number of rotatable bonds is 5. The summed E-state index contributed by atoms with van der Waals surface area (Å²) in [6.07, 6.45) is 3.01. The quantitative estimate of drug-likeness (QED) is 0.904. The van der Waals surface area contributed by atoms with Crippen LogP contribution in [0.25, 0.3) is 10.2 Å². The van der Waals surface area contributed by atoms with Gasteiger partial charge in [-0.1, -0.05) is 6.92 Å². The maximum atomic E-state index is 4.60. The summed E-state index contributed by atoms with van der Waals surface area (Å²) in [7, 11) is 0. The van der Waals surface area contributed by atoms with Gasteiger partial charge in [0.15, 0.2) is 0 Å². The van der Waals surface area contributed by atoms with E-state index in [9.17, 15) is 0 Å². The van der Waals surface area contributed by atoms with Crippen LogP contribution >= 0.6 is 23.1 Å². The SMILES string of the molecule is CCc1nc(NCC(C)(C)SC)c2ccsc2n1. The van der Waals surface area contributed by atoms with Gasteiger partial charge in [-0.3, -0.25) is 0 Å². The van der Waals surface area contributed by atoms with Crippen LogP contribution < -0.4 is 5.32 Å². The third-order valence-electron chi connectivity index (χ3n) is 2.92. The third kappa shape index (κ3) is 2.95. The molecule has 5 heteroatoms. The number of anilines is 1. The second-order valence-electron chi connectivity index (χ2n) is 4.80. The minimum absolute atomic E-state index is 0.208. The first-order chi connectivity index (χ1) is 8.55. The van der Waals surface area contributed by atoms with Gasteiger partial charge in [-0.15, -0.1) is 11.3 Å². The lowest BCUT2D eigenvalue weighted by atomic mass is 10.2. The van der Waals surface area contributed by atoms with E-state index in [0.717, 1.165) is 34.8 Å². The standard InChI is InChI=1S/C13H19N3S2/c1-5-10-15-11(14-8-13(2,3)17-4)9-6-7-18-12(9)16-10/h6-7H,5,8H2,1-4H3,(H,14,15,16). The summed E-state index contributed by atoms with van der Waals surface area (Å²) >= 11 is 3.53. The molecule has 18 heavy (non-hydrogen) atoms. The predicted octanol–water partition coefficient (Wildman–Crippen LogP) is 3.81. The summed E-state index contributed by atoms with van der Waals surface area (Å²) < 4.78 is 0.208. The Morgan fingerprint density at radius 3 is 2.83 bits per heavy atom. The molecule has 0 aliphatic heterocycles. The second-order valence-corrected chi connectivity index (χ2v) is 7.21. The van der Waals surface area contributed by atoms with Crippen molar-refractivity contribution in [1.82, 2.24) is 9.97 Å². The van der Waals surface area contributed by atoms with Gasteiger partial charge in [0, 0.05) is 17.7 Å².